The topological polar surface area (TPSA) is 63.2 Å². The van der Waals surface area contributed by atoms with Crippen molar-refractivity contribution in [2.24, 2.45) is 0 Å². The number of piperidine rings is 1. The second-order valence-electron chi connectivity index (χ2n) is 4.74. The molecule has 1 aromatic heterocycles. The van der Waals surface area contributed by atoms with Crippen molar-refractivity contribution < 1.29 is 4.74 Å². The van der Waals surface area contributed by atoms with Crippen LogP contribution in [-0.4, -0.2) is 41.7 Å². The Morgan fingerprint density at radius 1 is 1.16 bits per heavy atom. The number of ether oxygens (including phenoxy) is 1. The fraction of sp³-hybridized carbons (Fsp3) is 0.769. The van der Waals surface area contributed by atoms with Crippen LogP contribution in [0.25, 0.3) is 0 Å². The Morgan fingerprint density at radius 3 is 2.63 bits per heavy atom. The number of rotatable bonds is 6. The van der Waals surface area contributed by atoms with Gasteiger partial charge in [-0.15, -0.1) is 0 Å². The van der Waals surface area contributed by atoms with E-state index in [2.05, 4.69) is 32.1 Å². The number of aromatic nitrogens is 3. The van der Waals surface area contributed by atoms with Crippen molar-refractivity contribution in [3.8, 4) is 6.01 Å². The highest BCUT2D eigenvalue weighted by atomic mass is 16.5. The smallest absolute Gasteiger partial charge is 0.323 e. The molecule has 19 heavy (non-hydrogen) atoms. The molecular formula is C13H23N5O. The van der Waals surface area contributed by atoms with Crippen LogP contribution in [0.2, 0.25) is 0 Å². The summed E-state index contributed by atoms with van der Waals surface area (Å²) in [4.78, 5) is 15.3. The van der Waals surface area contributed by atoms with Crippen molar-refractivity contribution in [2.45, 2.75) is 39.0 Å². The third kappa shape index (κ3) is 3.94. The second kappa shape index (κ2) is 7.11. The van der Waals surface area contributed by atoms with E-state index in [0.717, 1.165) is 31.9 Å². The molecule has 0 saturated carbocycles. The average molecular weight is 265 g/mol. The average Bonchev–Trinajstić information content (AvgIpc) is 2.48. The van der Waals surface area contributed by atoms with Gasteiger partial charge in [-0.25, -0.2) is 0 Å². The Balaban J connectivity index is 2.10. The minimum atomic E-state index is 0.424. The number of anilines is 2. The minimum absolute atomic E-state index is 0.424. The highest BCUT2D eigenvalue weighted by Gasteiger charge is 2.16. The van der Waals surface area contributed by atoms with Crippen LogP contribution >= 0.6 is 0 Å². The molecule has 6 heteroatoms. The number of nitrogens with zero attached hydrogens (tertiary/aromatic N) is 4. The minimum Gasteiger partial charge on any atom is -0.463 e. The number of hydrogen-bond acceptors (Lipinski definition) is 6. The van der Waals surface area contributed by atoms with E-state index in [1.54, 1.807) is 0 Å². The standard InChI is InChI=1S/C13H23N5O/c1-3-4-10-19-13-16-11(14-2)15-12(17-13)18-8-6-5-7-9-18/h3-10H2,1-2H3,(H,14,15,16,17). The largest absolute Gasteiger partial charge is 0.463 e. The van der Waals surface area contributed by atoms with Gasteiger partial charge in [0.1, 0.15) is 0 Å². The van der Waals surface area contributed by atoms with E-state index in [1.807, 2.05) is 7.05 Å². The van der Waals surface area contributed by atoms with Crippen LogP contribution in [0.4, 0.5) is 11.9 Å². The zero-order chi connectivity index (χ0) is 13.5. The van der Waals surface area contributed by atoms with Crippen LogP contribution < -0.4 is 15.0 Å². The Kier molecular flexibility index (Phi) is 5.18. The van der Waals surface area contributed by atoms with Gasteiger partial charge in [0.2, 0.25) is 11.9 Å². The van der Waals surface area contributed by atoms with Gasteiger partial charge in [-0.1, -0.05) is 13.3 Å². The normalized spacial score (nSPS) is 15.4. The molecule has 0 aromatic carbocycles. The lowest BCUT2D eigenvalue weighted by Gasteiger charge is -2.26. The molecule has 2 rings (SSSR count). The van der Waals surface area contributed by atoms with Gasteiger partial charge in [0.25, 0.3) is 0 Å². The molecule has 1 aromatic rings. The van der Waals surface area contributed by atoms with Crippen LogP contribution in [0.3, 0.4) is 0 Å². The van der Waals surface area contributed by atoms with Crippen molar-refractivity contribution in [1.82, 2.24) is 15.0 Å². The summed E-state index contributed by atoms with van der Waals surface area (Å²) in [7, 11) is 1.81. The zero-order valence-electron chi connectivity index (χ0n) is 11.9. The van der Waals surface area contributed by atoms with E-state index in [1.165, 1.54) is 19.3 Å². The van der Waals surface area contributed by atoms with Crippen LogP contribution in [0, 0.1) is 0 Å². The van der Waals surface area contributed by atoms with Gasteiger partial charge in [-0.2, -0.15) is 15.0 Å². The van der Waals surface area contributed by atoms with Crippen LogP contribution in [0.5, 0.6) is 6.01 Å². The lowest BCUT2D eigenvalue weighted by Crippen LogP contribution is -2.31. The predicted molar refractivity (Wildman–Crippen MR) is 75.8 cm³/mol. The maximum atomic E-state index is 5.59. The Labute approximate surface area is 114 Å². The number of hydrogen-bond donors (Lipinski definition) is 1. The van der Waals surface area contributed by atoms with E-state index in [9.17, 15) is 0 Å². The summed E-state index contributed by atoms with van der Waals surface area (Å²) in [5, 5.41) is 2.97. The first-order valence-electron chi connectivity index (χ1n) is 7.15. The van der Waals surface area contributed by atoms with Crippen LogP contribution in [0.1, 0.15) is 39.0 Å². The van der Waals surface area contributed by atoms with Crippen LogP contribution in [-0.2, 0) is 0 Å². The Bertz CT molecular complexity index is 393. The maximum Gasteiger partial charge on any atom is 0.323 e. The predicted octanol–water partition coefficient (Wildman–Crippen LogP) is 2.08. The summed E-state index contributed by atoms with van der Waals surface area (Å²) in [5.74, 6) is 1.30. The third-order valence-corrected chi connectivity index (χ3v) is 3.19. The molecule has 106 valence electrons. The Hall–Kier alpha value is -1.59. The summed E-state index contributed by atoms with van der Waals surface area (Å²) in [6.45, 7) is 4.82. The number of unbranched alkanes of at least 4 members (excludes halogenated alkanes) is 1. The molecule has 0 spiro atoms. The van der Waals surface area contributed by atoms with Crippen molar-refractivity contribution in [2.75, 3.05) is 37.0 Å². The molecule has 1 N–H and O–H groups in total. The van der Waals surface area contributed by atoms with Gasteiger partial charge >= 0.3 is 6.01 Å². The third-order valence-electron chi connectivity index (χ3n) is 3.19. The summed E-state index contributed by atoms with van der Waals surface area (Å²) < 4.78 is 5.59. The highest BCUT2D eigenvalue weighted by Crippen LogP contribution is 2.19. The first-order valence-corrected chi connectivity index (χ1v) is 7.15. The second-order valence-corrected chi connectivity index (χ2v) is 4.74. The molecule has 1 aliphatic rings. The molecule has 1 aliphatic heterocycles. The quantitative estimate of drug-likeness (QED) is 0.795. The first-order chi connectivity index (χ1) is 9.33. The fourth-order valence-electron chi connectivity index (χ4n) is 2.07. The van der Waals surface area contributed by atoms with E-state index in [4.69, 9.17) is 4.74 Å². The summed E-state index contributed by atoms with van der Waals surface area (Å²) in [5.41, 5.74) is 0. The fourth-order valence-corrected chi connectivity index (χ4v) is 2.07. The molecule has 0 aliphatic carbocycles. The van der Waals surface area contributed by atoms with Gasteiger partial charge in [-0.05, 0) is 25.7 Å². The van der Waals surface area contributed by atoms with E-state index < -0.39 is 0 Å². The SMILES string of the molecule is CCCCOc1nc(NC)nc(N2CCCCC2)n1. The molecule has 1 fully saturated rings. The van der Waals surface area contributed by atoms with Crippen molar-refractivity contribution in [3.05, 3.63) is 0 Å². The van der Waals surface area contributed by atoms with Crippen molar-refractivity contribution >= 4 is 11.9 Å². The van der Waals surface area contributed by atoms with Gasteiger partial charge in [0.05, 0.1) is 6.61 Å². The molecule has 0 unspecified atom stereocenters. The summed E-state index contributed by atoms with van der Waals surface area (Å²) in [6.07, 6.45) is 5.81. The summed E-state index contributed by atoms with van der Waals surface area (Å²) >= 11 is 0. The van der Waals surface area contributed by atoms with E-state index in [0.29, 0.717) is 18.6 Å². The molecule has 0 amide bonds. The van der Waals surface area contributed by atoms with Crippen LogP contribution in [0.15, 0.2) is 0 Å². The van der Waals surface area contributed by atoms with Gasteiger partial charge in [-0.3, -0.25) is 0 Å². The molecule has 0 bridgehead atoms. The lowest BCUT2D eigenvalue weighted by molar-refractivity contribution is 0.285. The molecule has 1 saturated heterocycles. The van der Waals surface area contributed by atoms with E-state index in [-0.39, 0.29) is 0 Å². The highest BCUT2D eigenvalue weighted by molar-refractivity contribution is 5.38. The van der Waals surface area contributed by atoms with Crippen molar-refractivity contribution in [3.63, 3.8) is 0 Å². The molecular weight excluding hydrogens is 242 g/mol. The first kappa shape index (κ1) is 13.8. The summed E-state index contributed by atoms with van der Waals surface area (Å²) in [6, 6.07) is 0.424. The monoisotopic (exact) mass is 265 g/mol. The van der Waals surface area contributed by atoms with Crippen molar-refractivity contribution in [1.29, 1.82) is 0 Å². The lowest BCUT2D eigenvalue weighted by atomic mass is 10.1. The molecule has 0 radical (unpaired) electrons. The molecule has 6 nitrogen and oxygen atoms in total. The molecule has 0 atom stereocenters. The Morgan fingerprint density at radius 2 is 1.95 bits per heavy atom. The zero-order valence-corrected chi connectivity index (χ0v) is 11.9. The van der Waals surface area contributed by atoms with Gasteiger partial charge in [0.15, 0.2) is 0 Å². The molecule has 2 heterocycles. The van der Waals surface area contributed by atoms with E-state index >= 15 is 0 Å². The van der Waals surface area contributed by atoms with Gasteiger partial charge in [0, 0.05) is 20.1 Å². The van der Waals surface area contributed by atoms with Gasteiger partial charge < -0.3 is 15.0 Å². The maximum absolute atomic E-state index is 5.59. The number of nitrogens with one attached hydrogen (secondary N) is 1.